The Kier molecular flexibility index (Phi) is 5.57. The van der Waals surface area contributed by atoms with E-state index < -0.39 is 23.6 Å². The number of carbonyl (C=O) groups excluding carboxylic acids is 2. The monoisotopic (exact) mass is 330 g/mol. The van der Waals surface area contributed by atoms with Crippen LogP contribution in [0.1, 0.15) is 5.56 Å². The van der Waals surface area contributed by atoms with Crippen LogP contribution in [0.4, 0.5) is 8.78 Å². The Morgan fingerprint density at radius 3 is 2.17 bits per heavy atom. The molecule has 0 spiro atoms. The van der Waals surface area contributed by atoms with Gasteiger partial charge in [-0.15, -0.1) is 0 Å². The molecule has 0 saturated carbocycles. The molecule has 4 nitrogen and oxygen atoms in total. The standard InChI is InChI=1S/C18H12F2O4/c1-12(19)17(21)24-15-9-5-6-13(10-15)11-16(20)18(22)23-14-7-3-2-4-8-14/h2-11H,1H2/b16-11-. The highest BCUT2D eigenvalue weighted by molar-refractivity contribution is 5.92. The van der Waals surface area contributed by atoms with Crippen LogP contribution in [-0.2, 0) is 9.59 Å². The summed E-state index contributed by atoms with van der Waals surface area (Å²) in [4.78, 5) is 22.8. The molecule has 0 fully saturated rings. The summed E-state index contributed by atoms with van der Waals surface area (Å²) in [5, 5.41) is 0. The van der Waals surface area contributed by atoms with Gasteiger partial charge in [-0.1, -0.05) is 36.9 Å². The molecule has 0 aliphatic heterocycles. The second-order valence-corrected chi connectivity index (χ2v) is 4.56. The molecule has 0 N–H and O–H groups in total. The average Bonchev–Trinajstić information content (AvgIpc) is 2.56. The smallest absolute Gasteiger partial charge is 0.372 e. The molecule has 0 aromatic heterocycles. The van der Waals surface area contributed by atoms with E-state index in [0.29, 0.717) is 0 Å². The predicted octanol–water partition coefficient (Wildman–Crippen LogP) is 3.99. The van der Waals surface area contributed by atoms with E-state index in [4.69, 9.17) is 4.74 Å². The van der Waals surface area contributed by atoms with Crippen LogP contribution in [0.15, 0.2) is 72.8 Å². The molecule has 0 aliphatic carbocycles. The third kappa shape index (κ3) is 4.88. The Bertz CT molecular complexity index is 798. The summed E-state index contributed by atoms with van der Waals surface area (Å²) in [6.45, 7) is 2.81. The first-order valence-corrected chi connectivity index (χ1v) is 6.77. The van der Waals surface area contributed by atoms with Crippen LogP contribution in [0.3, 0.4) is 0 Å². The molecule has 2 rings (SSSR count). The summed E-state index contributed by atoms with van der Waals surface area (Å²) in [5.41, 5.74) is 0.229. The Morgan fingerprint density at radius 2 is 1.50 bits per heavy atom. The molecule has 0 unspecified atom stereocenters. The van der Waals surface area contributed by atoms with Crippen LogP contribution in [-0.4, -0.2) is 11.9 Å². The number of ether oxygens (including phenoxy) is 2. The van der Waals surface area contributed by atoms with Crippen LogP contribution in [0.5, 0.6) is 11.5 Å². The molecule has 0 atom stereocenters. The molecule has 122 valence electrons. The number of carbonyl (C=O) groups is 2. The Labute approximate surface area is 136 Å². The van der Waals surface area contributed by atoms with Gasteiger partial charge in [0.2, 0.25) is 11.7 Å². The third-order valence-electron chi connectivity index (χ3n) is 2.73. The van der Waals surface area contributed by atoms with Crippen molar-refractivity contribution in [1.29, 1.82) is 0 Å². The molecule has 24 heavy (non-hydrogen) atoms. The van der Waals surface area contributed by atoms with Gasteiger partial charge in [-0.3, -0.25) is 0 Å². The Hall–Kier alpha value is -3.28. The molecular formula is C18H12F2O4. The molecule has 0 bridgehead atoms. The van der Waals surface area contributed by atoms with Crippen molar-refractivity contribution in [2.75, 3.05) is 0 Å². The van der Waals surface area contributed by atoms with Gasteiger partial charge in [0.1, 0.15) is 11.5 Å². The number of rotatable bonds is 5. The van der Waals surface area contributed by atoms with E-state index in [-0.39, 0.29) is 17.1 Å². The largest absolute Gasteiger partial charge is 0.421 e. The van der Waals surface area contributed by atoms with Crippen LogP contribution >= 0.6 is 0 Å². The van der Waals surface area contributed by atoms with Gasteiger partial charge in [0.25, 0.3) is 0 Å². The second-order valence-electron chi connectivity index (χ2n) is 4.56. The van der Waals surface area contributed by atoms with Crippen molar-refractivity contribution in [2.45, 2.75) is 0 Å². The first-order chi connectivity index (χ1) is 11.5. The molecule has 0 saturated heterocycles. The molecule has 2 aromatic carbocycles. The van der Waals surface area contributed by atoms with E-state index in [2.05, 4.69) is 11.3 Å². The number of esters is 2. The van der Waals surface area contributed by atoms with Crippen molar-refractivity contribution in [3.8, 4) is 11.5 Å². The number of hydrogen-bond donors (Lipinski definition) is 0. The van der Waals surface area contributed by atoms with Crippen molar-refractivity contribution in [1.82, 2.24) is 0 Å². The fourth-order valence-corrected chi connectivity index (χ4v) is 1.68. The first kappa shape index (κ1) is 17.1. The van der Waals surface area contributed by atoms with Gasteiger partial charge in [-0.25, -0.2) is 9.59 Å². The normalized spacial score (nSPS) is 10.8. The molecular weight excluding hydrogens is 318 g/mol. The highest BCUT2D eigenvalue weighted by Gasteiger charge is 2.13. The highest BCUT2D eigenvalue weighted by atomic mass is 19.1. The maximum Gasteiger partial charge on any atom is 0.372 e. The van der Waals surface area contributed by atoms with E-state index in [1.54, 1.807) is 18.2 Å². The summed E-state index contributed by atoms with van der Waals surface area (Å²) in [6, 6.07) is 13.6. The second kappa shape index (κ2) is 7.82. The predicted molar refractivity (Wildman–Crippen MR) is 83.5 cm³/mol. The van der Waals surface area contributed by atoms with E-state index in [1.165, 1.54) is 36.4 Å². The summed E-state index contributed by atoms with van der Waals surface area (Å²) in [7, 11) is 0. The fourth-order valence-electron chi connectivity index (χ4n) is 1.68. The van der Waals surface area contributed by atoms with Crippen molar-refractivity contribution in [2.24, 2.45) is 0 Å². The van der Waals surface area contributed by atoms with Crippen LogP contribution in [0.25, 0.3) is 6.08 Å². The molecule has 0 aliphatic rings. The summed E-state index contributed by atoms with van der Waals surface area (Å²) in [6.07, 6.45) is 0.910. The number of halogens is 2. The lowest BCUT2D eigenvalue weighted by Crippen LogP contribution is -2.08. The zero-order valence-corrected chi connectivity index (χ0v) is 12.4. The fraction of sp³-hybridized carbons (Fsp3) is 0. The third-order valence-corrected chi connectivity index (χ3v) is 2.73. The lowest BCUT2D eigenvalue weighted by atomic mass is 10.2. The van der Waals surface area contributed by atoms with Gasteiger partial charge in [0.05, 0.1) is 0 Å². The van der Waals surface area contributed by atoms with E-state index in [1.807, 2.05) is 0 Å². The number of benzene rings is 2. The summed E-state index contributed by atoms with van der Waals surface area (Å²) in [5.74, 6) is -4.63. The maximum absolute atomic E-state index is 13.9. The quantitative estimate of drug-likeness (QED) is 0.472. The maximum atomic E-state index is 13.9. The number of hydrogen-bond acceptors (Lipinski definition) is 4. The molecule has 6 heteroatoms. The zero-order valence-electron chi connectivity index (χ0n) is 12.4. The number of para-hydroxylation sites is 1. The van der Waals surface area contributed by atoms with Gasteiger partial charge in [0, 0.05) is 0 Å². The van der Waals surface area contributed by atoms with Crippen LogP contribution in [0.2, 0.25) is 0 Å². The lowest BCUT2D eigenvalue weighted by Gasteiger charge is -2.04. The topological polar surface area (TPSA) is 52.6 Å². The van der Waals surface area contributed by atoms with Crippen LogP contribution in [0, 0.1) is 0 Å². The minimum Gasteiger partial charge on any atom is -0.421 e. The van der Waals surface area contributed by atoms with Gasteiger partial charge in [0.15, 0.2) is 0 Å². The Balaban J connectivity index is 2.10. The summed E-state index contributed by atoms with van der Waals surface area (Å²) < 4.78 is 36.0. The van der Waals surface area contributed by atoms with E-state index in [0.717, 1.165) is 6.08 Å². The molecule has 0 radical (unpaired) electrons. The zero-order chi connectivity index (χ0) is 17.5. The molecule has 0 amide bonds. The SMILES string of the molecule is C=C(F)C(=O)Oc1cccc(/C=C(\F)C(=O)Oc2ccccc2)c1. The van der Waals surface area contributed by atoms with Gasteiger partial charge in [-0.2, -0.15) is 8.78 Å². The summed E-state index contributed by atoms with van der Waals surface area (Å²) >= 11 is 0. The van der Waals surface area contributed by atoms with Crippen molar-refractivity contribution in [3.05, 3.63) is 78.4 Å². The van der Waals surface area contributed by atoms with Crippen molar-refractivity contribution in [3.63, 3.8) is 0 Å². The van der Waals surface area contributed by atoms with E-state index in [9.17, 15) is 18.4 Å². The van der Waals surface area contributed by atoms with Crippen LogP contribution < -0.4 is 9.47 Å². The van der Waals surface area contributed by atoms with Gasteiger partial charge >= 0.3 is 11.9 Å². The average molecular weight is 330 g/mol. The van der Waals surface area contributed by atoms with Gasteiger partial charge in [-0.05, 0) is 35.9 Å². The van der Waals surface area contributed by atoms with E-state index >= 15 is 0 Å². The molecule has 2 aromatic rings. The first-order valence-electron chi connectivity index (χ1n) is 6.77. The minimum atomic E-state index is -1.26. The minimum absolute atomic E-state index is 0.0169. The van der Waals surface area contributed by atoms with Crippen molar-refractivity contribution < 1.29 is 27.8 Å². The van der Waals surface area contributed by atoms with Crippen molar-refractivity contribution >= 4 is 18.0 Å². The highest BCUT2D eigenvalue weighted by Crippen LogP contribution is 2.19. The lowest BCUT2D eigenvalue weighted by molar-refractivity contribution is -0.132. The molecule has 0 heterocycles. The Morgan fingerprint density at radius 1 is 0.875 bits per heavy atom. The van der Waals surface area contributed by atoms with Gasteiger partial charge < -0.3 is 9.47 Å².